The summed E-state index contributed by atoms with van der Waals surface area (Å²) in [5, 5.41) is 11.1. The maximum Gasteiger partial charge on any atom is 0.289 e. The van der Waals surface area contributed by atoms with Crippen LogP contribution in [0.2, 0.25) is 5.02 Å². The van der Waals surface area contributed by atoms with Crippen molar-refractivity contribution in [3.05, 3.63) is 62.7 Å². The van der Waals surface area contributed by atoms with Gasteiger partial charge in [-0.05, 0) is 50.5 Å². The number of nitro benzene ring substituents is 1. The van der Waals surface area contributed by atoms with Crippen LogP contribution in [0.15, 0.2) is 41.3 Å². The molecule has 0 heterocycles. The highest BCUT2D eigenvalue weighted by Gasteiger charge is 2.32. The maximum atomic E-state index is 13.5. The van der Waals surface area contributed by atoms with Gasteiger partial charge in [0.25, 0.3) is 15.7 Å². The standard InChI is InChI=1S/C19H23ClN2O4S/c1-5-15(6-2)21(18-10-7-13(3)11-14(18)4)27(25,26)16-8-9-17(20)19(12-16)22(23)24/h7-12,15H,5-6H2,1-4H3. The van der Waals surface area contributed by atoms with Crippen molar-refractivity contribution in [3.63, 3.8) is 0 Å². The summed E-state index contributed by atoms with van der Waals surface area (Å²) in [4.78, 5) is 10.4. The second-order valence-corrected chi connectivity index (χ2v) is 8.65. The number of sulfonamides is 1. The van der Waals surface area contributed by atoms with Crippen LogP contribution in [0.1, 0.15) is 37.8 Å². The number of benzene rings is 2. The van der Waals surface area contributed by atoms with Gasteiger partial charge in [-0.15, -0.1) is 0 Å². The average Bonchev–Trinajstić information content (AvgIpc) is 2.60. The smallest absolute Gasteiger partial charge is 0.263 e. The Hall–Kier alpha value is -2.12. The molecule has 0 radical (unpaired) electrons. The molecule has 0 N–H and O–H groups in total. The normalized spacial score (nSPS) is 11.6. The number of hydrogen-bond acceptors (Lipinski definition) is 4. The number of nitro groups is 1. The summed E-state index contributed by atoms with van der Waals surface area (Å²) in [7, 11) is -4.02. The van der Waals surface area contributed by atoms with Crippen molar-refractivity contribution in [2.45, 2.75) is 51.5 Å². The predicted molar refractivity (Wildman–Crippen MR) is 108 cm³/mol. The molecule has 0 spiro atoms. The van der Waals surface area contributed by atoms with E-state index in [9.17, 15) is 18.5 Å². The average molecular weight is 411 g/mol. The minimum Gasteiger partial charge on any atom is -0.263 e. The molecule has 0 aliphatic rings. The van der Waals surface area contributed by atoms with Crippen LogP contribution in [-0.2, 0) is 10.0 Å². The largest absolute Gasteiger partial charge is 0.289 e. The third-order valence-electron chi connectivity index (χ3n) is 4.53. The predicted octanol–water partition coefficient (Wildman–Crippen LogP) is 5.25. The molecule has 0 atom stereocenters. The van der Waals surface area contributed by atoms with Gasteiger partial charge in [-0.3, -0.25) is 14.4 Å². The minimum absolute atomic E-state index is 0.0976. The lowest BCUT2D eigenvalue weighted by Gasteiger charge is -2.33. The summed E-state index contributed by atoms with van der Waals surface area (Å²) in [6.45, 7) is 7.64. The summed E-state index contributed by atoms with van der Waals surface area (Å²) in [6, 6.07) is 8.87. The van der Waals surface area contributed by atoms with Gasteiger partial charge in [0.2, 0.25) is 0 Å². The minimum atomic E-state index is -4.02. The molecule has 0 bridgehead atoms. The van der Waals surface area contributed by atoms with Crippen LogP contribution in [0.4, 0.5) is 11.4 Å². The monoisotopic (exact) mass is 410 g/mol. The number of rotatable bonds is 7. The fraction of sp³-hybridized carbons (Fsp3) is 0.368. The molecule has 0 unspecified atom stereocenters. The van der Waals surface area contributed by atoms with Crippen molar-refractivity contribution in [1.29, 1.82) is 0 Å². The van der Waals surface area contributed by atoms with Crippen molar-refractivity contribution in [3.8, 4) is 0 Å². The molecule has 0 saturated carbocycles. The van der Waals surface area contributed by atoms with Crippen LogP contribution >= 0.6 is 11.6 Å². The first-order chi connectivity index (χ1) is 12.6. The lowest BCUT2D eigenvalue weighted by molar-refractivity contribution is -0.384. The van der Waals surface area contributed by atoms with Crippen molar-refractivity contribution in [1.82, 2.24) is 0 Å². The number of anilines is 1. The second kappa shape index (κ2) is 8.27. The first kappa shape index (κ1) is 21.2. The highest BCUT2D eigenvalue weighted by Crippen LogP contribution is 2.34. The van der Waals surface area contributed by atoms with E-state index in [0.29, 0.717) is 18.5 Å². The zero-order valence-corrected chi connectivity index (χ0v) is 17.3. The molecule has 8 heteroatoms. The van der Waals surface area contributed by atoms with Gasteiger partial charge in [0.1, 0.15) is 5.02 Å². The third kappa shape index (κ3) is 4.25. The molecule has 2 aromatic rings. The SMILES string of the molecule is CCC(CC)N(c1ccc(C)cc1C)S(=O)(=O)c1ccc(Cl)c([N+](=O)[O-])c1. The van der Waals surface area contributed by atoms with Crippen LogP contribution in [0, 0.1) is 24.0 Å². The number of hydrogen-bond donors (Lipinski definition) is 0. The van der Waals surface area contributed by atoms with E-state index in [4.69, 9.17) is 11.6 Å². The molecule has 27 heavy (non-hydrogen) atoms. The van der Waals surface area contributed by atoms with Crippen LogP contribution in [0.5, 0.6) is 0 Å². The fourth-order valence-corrected chi connectivity index (χ4v) is 5.17. The third-order valence-corrected chi connectivity index (χ3v) is 6.72. The Bertz CT molecular complexity index is 956. The van der Waals surface area contributed by atoms with E-state index in [1.54, 1.807) is 6.07 Å². The van der Waals surface area contributed by atoms with E-state index in [1.807, 2.05) is 39.8 Å². The van der Waals surface area contributed by atoms with Gasteiger partial charge in [-0.25, -0.2) is 8.42 Å². The molecule has 0 aliphatic carbocycles. The van der Waals surface area contributed by atoms with Crippen molar-refractivity contribution < 1.29 is 13.3 Å². The van der Waals surface area contributed by atoms with Gasteiger partial charge >= 0.3 is 0 Å². The van der Waals surface area contributed by atoms with Gasteiger partial charge in [-0.1, -0.05) is 43.1 Å². The van der Waals surface area contributed by atoms with E-state index in [1.165, 1.54) is 16.4 Å². The number of aryl methyl sites for hydroxylation is 2. The van der Waals surface area contributed by atoms with Gasteiger partial charge in [0, 0.05) is 12.1 Å². The Kier molecular flexibility index (Phi) is 6.49. The Labute approximate surface area is 165 Å². The lowest BCUT2D eigenvalue weighted by atomic mass is 10.1. The molecule has 2 aromatic carbocycles. The van der Waals surface area contributed by atoms with E-state index < -0.39 is 20.6 Å². The highest BCUT2D eigenvalue weighted by atomic mass is 35.5. The van der Waals surface area contributed by atoms with Crippen LogP contribution in [0.3, 0.4) is 0 Å². The molecule has 2 rings (SSSR count). The topological polar surface area (TPSA) is 80.5 Å². The van der Waals surface area contributed by atoms with E-state index in [2.05, 4.69) is 0 Å². The second-order valence-electron chi connectivity index (χ2n) is 6.43. The van der Waals surface area contributed by atoms with Gasteiger partial charge in [-0.2, -0.15) is 0 Å². The van der Waals surface area contributed by atoms with Crippen LogP contribution < -0.4 is 4.31 Å². The molecular weight excluding hydrogens is 388 g/mol. The first-order valence-electron chi connectivity index (χ1n) is 8.69. The lowest BCUT2D eigenvalue weighted by Crippen LogP contribution is -2.40. The van der Waals surface area contributed by atoms with Gasteiger partial charge < -0.3 is 0 Å². The molecular formula is C19H23ClN2O4S. The Morgan fingerprint density at radius 3 is 2.26 bits per heavy atom. The highest BCUT2D eigenvalue weighted by molar-refractivity contribution is 7.92. The van der Waals surface area contributed by atoms with Gasteiger partial charge in [0.05, 0.1) is 15.5 Å². The Balaban J connectivity index is 2.71. The molecule has 6 nitrogen and oxygen atoms in total. The zero-order valence-electron chi connectivity index (χ0n) is 15.8. The summed E-state index contributed by atoms with van der Waals surface area (Å²) >= 11 is 5.85. The van der Waals surface area contributed by atoms with Crippen molar-refractivity contribution in [2.75, 3.05) is 4.31 Å². The maximum absolute atomic E-state index is 13.5. The van der Waals surface area contributed by atoms with E-state index >= 15 is 0 Å². The number of nitrogens with zero attached hydrogens (tertiary/aromatic N) is 2. The van der Waals surface area contributed by atoms with E-state index in [0.717, 1.165) is 17.2 Å². The molecule has 0 amide bonds. The fourth-order valence-electron chi connectivity index (χ4n) is 3.10. The van der Waals surface area contributed by atoms with Crippen LogP contribution in [0.25, 0.3) is 0 Å². The quantitative estimate of drug-likeness (QED) is 0.461. The van der Waals surface area contributed by atoms with Gasteiger partial charge in [0.15, 0.2) is 0 Å². The Morgan fingerprint density at radius 1 is 1.11 bits per heavy atom. The molecule has 0 aromatic heterocycles. The van der Waals surface area contributed by atoms with Crippen LogP contribution in [-0.4, -0.2) is 19.4 Å². The molecule has 0 saturated heterocycles. The van der Waals surface area contributed by atoms with Crippen molar-refractivity contribution >= 4 is 33.0 Å². The molecule has 146 valence electrons. The summed E-state index contributed by atoms with van der Waals surface area (Å²) in [5.74, 6) is 0. The van der Waals surface area contributed by atoms with Crippen molar-refractivity contribution in [2.24, 2.45) is 0 Å². The molecule has 0 fully saturated rings. The summed E-state index contributed by atoms with van der Waals surface area (Å²) in [5.41, 5.74) is 2.00. The summed E-state index contributed by atoms with van der Waals surface area (Å²) < 4.78 is 28.3. The summed E-state index contributed by atoms with van der Waals surface area (Å²) in [6.07, 6.45) is 1.22. The van der Waals surface area contributed by atoms with E-state index in [-0.39, 0.29) is 16.0 Å². The first-order valence-corrected chi connectivity index (χ1v) is 10.5. The zero-order chi connectivity index (χ0) is 20.4. The molecule has 0 aliphatic heterocycles. The number of halogens is 1. The Morgan fingerprint density at radius 2 is 1.74 bits per heavy atom.